The van der Waals surface area contributed by atoms with Gasteiger partial charge in [-0.1, -0.05) is 6.58 Å². The lowest BCUT2D eigenvalue weighted by Gasteiger charge is -2.16. The molecule has 1 rings (SSSR count). The van der Waals surface area contributed by atoms with Crippen LogP contribution in [0.3, 0.4) is 0 Å². The number of aliphatic hydroxyl groups is 2. The number of aromatic hydroxyl groups is 3. The minimum atomic E-state index is -0.594. The van der Waals surface area contributed by atoms with Gasteiger partial charge in [-0.15, -0.1) is 0 Å². The monoisotopic (exact) mass is 294 g/mol. The Morgan fingerprint density at radius 2 is 1.57 bits per heavy atom. The molecule has 0 saturated carbocycles. The van der Waals surface area contributed by atoms with E-state index in [-0.39, 0.29) is 34.4 Å². The Morgan fingerprint density at radius 1 is 1.05 bits per heavy atom. The lowest BCUT2D eigenvalue weighted by Crippen LogP contribution is -2.03. The van der Waals surface area contributed by atoms with E-state index in [4.69, 9.17) is 0 Å². The summed E-state index contributed by atoms with van der Waals surface area (Å²) in [7, 11) is 0. The summed E-state index contributed by atoms with van der Waals surface area (Å²) in [5.41, 5.74) is -0.389. The summed E-state index contributed by atoms with van der Waals surface area (Å²) in [6.45, 7) is 7.14. The van der Waals surface area contributed by atoms with Crippen molar-refractivity contribution < 1.29 is 30.3 Å². The zero-order chi connectivity index (χ0) is 16.5. The van der Waals surface area contributed by atoms with Crippen molar-refractivity contribution in [2.75, 3.05) is 0 Å². The van der Waals surface area contributed by atoms with E-state index in [0.717, 1.165) is 6.92 Å². The molecule has 1 aromatic rings. The van der Waals surface area contributed by atoms with Crippen molar-refractivity contribution >= 4 is 5.78 Å². The standard InChI is InChI=1S/C15H18O6/c1-6-13(19)11(5-10(7(2)16)8(3)17)15(21)12(9(4)18)14(6)20/h16-17,19-21H,2,5H2,1,3-4H3/b10-8+. The van der Waals surface area contributed by atoms with Gasteiger partial charge in [0.1, 0.15) is 28.6 Å². The number of phenols is 3. The van der Waals surface area contributed by atoms with Gasteiger partial charge in [0, 0.05) is 23.1 Å². The molecule has 0 saturated heterocycles. The minimum absolute atomic E-state index is 0.000178. The zero-order valence-corrected chi connectivity index (χ0v) is 12.1. The number of phenolic OH excluding ortho intramolecular Hbond substituents is 3. The van der Waals surface area contributed by atoms with Crippen LogP contribution in [0.25, 0.3) is 0 Å². The molecule has 5 N–H and O–H groups in total. The third-order valence-electron chi connectivity index (χ3n) is 3.25. The minimum Gasteiger partial charge on any atom is -0.512 e. The van der Waals surface area contributed by atoms with Crippen molar-refractivity contribution in [2.45, 2.75) is 27.2 Å². The quantitative estimate of drug-likeness (QED) is 0.331. The molecule has 114 valence electrons. The molecule has 0 radical (unpaired) electrons. The van der Waals surface area contributed by atoms with Crippen LogP contribution in [0.4, 0.5) is 0 Å². The summed E-state index contributed by atoms with van der Waals surface area (Å²) < 4.78 is 0. The van der Waals surface area contributed by atoms with Crippen molar-refractivity contribution in [3.05, 3.63) is 40.4 Å². The fraction of sp³-hybridized carbons (Fsp3) is 0.267. The van der Waals surface area contributed by atoms with E-state index in [1.54, 1.807) is 0 Å². The number of ketones is 1. The van der Waals surface area contributed by atoms with Crippen LogP contribution < -0.4 is 0 Å². The van der Waals surface area contributed by atoms with Crippen LogP contribution in [0.5, 0.6) is 17.2 Å². The van der Waals surface area contributed by atoms with E-state index in [9.17, 15) is 30.3 Å². The van der Waals surface area contributed by atoms with Gasteiger partial charge in [-0.2, -0.15) is 0 Å². The Hall–Kier alpha value is -2.63. The Morgan fingerprint density at radius 3 is 1.95 bits per heavy atom. The first-order valence-corrected chi connectivity index (χ1v) is 6.13. The highest BCUT2D eigenvalue weighted by Crippen LogP contribution is 2.43. The SMILES string of the molecule is C=C(O)/C(Cc1c(O)c(C)c(O)c(C(C)=O)c1O)=C(\C)O. The fourth-order valence-electron chi connectivity index (χ4n) is 2.02. The van der Waals surface area contributed by atoms with Gasteiger partial charge < -0.3 is 25.5 Å². The van der Waals surface area contributed by atoms with Gasteiger partial charge in [0.15, 0.2) is 5.78 Å². The predicted molar refractivity (Wildman–Crippen MR) is 77.0 cm³/mol. The maximum absolute atomic E-state index is 11.5. The van der Waals surface area contributed by atoms with Crippen LogP contribution in [-0.2, 0) is 6.42 Å². The number of hydrogen-bond acceptors (Lipinski definition) is 6. The smallest absolute Gasteiger partial charge is 0.167 e. The Kier molecular flexibility index (Phi) is 4.52. The van der Waals surface area contributed by atoms with Crippen LogP contribution in [0, 0.1) is 6.92 Å². The van der Waals surface area contributed by atoms with Gasteiger partial charge in [-0.05, 0) is 20.8 Å². The lowest BCUT2D eigenvalue weighted by molar-refractivity contribution is 0.101. The number of benzene rings is 1. The number of carbonyl (C=O) groups is 1. The molecule has 6 heteroatoms. The van der Waals surface area contributed by atoms with E-state index < -0.39 is 28.8 Å². The van der Waals surface area contributed by atoms with Crippen molar-refractivity contribution in [1.29, 1.82) is 0 Å². The maximum atomic E-state index is 11.5. The topological polar surface area (TPSA) is 118 Å². The van der Waals surface area contributed by atoms with E-state index in [1.165, 1.54) is 13.8 Å². The molecule has 21 heavy (non-hydrogen) atoms. The second-order valence-electron chi connectivity index (χ2n) is 4.77. The molecule has 0 aliphatic rings. The molecule has 0 spiro atoms. The zero-order valence-electron chi connectivity index (χ0n) is 12.1. The predicted octanol–water partition coefficient (Wildman–Crippen LogP) is 2.76. The molecular weight excluding hydrogens is 276 g/mol. The van der Waals surface area contributed by atoms with Gasteiger partial charge in [0.2, 0.25) is 0 Å². The number of aliphatic hydroxyl groups excluding tert-OH is 2. The molecule has 6 nitrogen and oxygen atoms in total. The first kappa shape index (κ1) is 16.4. The Bertz CT molecular complexity index is 651. The molecule has 0 fully saturated rings. The normalized spacial score (nSPS) is 12.0. The highest BCUT2D eigenvalue weighted by Gasteiger charge is 2.25. The molecule has 0 aliphatic heterocycles. The maximum Gasteiger partial charge on any atom is 0.167 e. The molecule has 0 aromatic heterocycles. The van der Waals surface area contributed by atoms with Crippen LogP contribution in [0.2, 0.25) is 0 Å². The summed E-state index contributed by atoms with van der Waals surface area (Å²) >= 11 is 0. The molecule has 0 amide bonds. The van der Waals surface area contributed by atoms with Crippen molar-refractivity contribution in [3.63, 3.8) is 0 Å². The Balaban J connectivity index is 3.62. The van der Waals surface area contributed by atoms with Crippen LogP contribution in [-0.4, -0.2) is 31.3 Å². The second-order valence-corrected chi connectivity index (χ2v) is 4.77. The molecular formula is C15H18O6. The fourth-order valence-corrected chi connectivity index (χ4v) is 2.02. The first-order valence-electron chi connectivity index (χ1n) is 6.13. The summed E-state index contributed by atoms with van der Waals surface area (Å²) in [5, 5.41) is 48.9. The third kappa shape index (κ3) is 2.94. The third-order valence-corrected chi connectivity index (χ3v) is 3.25. The number of rotatable bonds is 4. The van der Waals surface area contributed by atoms with Gasteiger partial charge >= 0.3 is 0 Å². The van der Waals surface area contributed by atoms with Gasteiger partial charge in [-0.3, -0.25) is 4.79 Å². The summed E-state index contributed by atoms with van der Waals surface area (Å²) in [5.74, 6) is -2.77. The number of hydrogen-bond donors (Lipinski definition) is 5. The van der Waals surface area contributed by atoms with Crippen molar-refractivity contribution in [1.82, 2.24) is 0 Å². The van der Waals surface area contributed by atoms with E-state index in [0.29, 0.717) is 0 Å². The van der Waals surface area contributed by atoms with Crippen LogP contribution in [0.15, 0.2) is 23.7 Å². The summed E-state index contributed by atoms with van der Waals surface area (Å²) in [6.07, 6.45) is -0.253. The molecule has 0 atom stereocenters. The van der Waals surface area contributed by atoms with Crippen molar-refractivity contribution in [3.8, 4) is 17.2 Å². The lowest BCUT2D eigenvalue weighted by atomic mass is 9.94. The first-order chi connectivity index (χ1) is 9.59. The highest BCUT2D eigenvalue weighted by molar-refractivity contribution is 6.01. The summed E-state index contributed by atoms with van der Waals surface area (Å²) in [4.78, 5) is 11.5. The molecule has 0 unspecified atom stereocenters. The van der Waals surface area contributed by atoms with Gasteiger partial charge in [0.05, 0.1) is 5.76 Å². The Labute approximate surface area is 121 Å². The van der Waals surface area contributed by atoms with Gasteiger partial charge in [0.25, 0.3) is 0 Å². The number of allylic oxidation sites excluding steroid dienone is 2. The van der Waals surface area contributed by atoms with Crippen molar-refractivity contribution in [2.24, 2.45) is 0 Å². The largest absolute Gasteiger partial charge is 0.512 e. The van der Waals surface area contributed by atoms with Crippen LogP contribution in [0.1, 0.15) is 35.3 Å². The van der Waals surface area contributed by atoms with Crippen LogP contribution >= 0.6 is 0 Å². The van der Waals surface area contributed by atoms with E-state index in [1.807, 2.05) is 0 Å². The second kappa shape index (κ2) is 5.78. The molecule has 0 bridgehead atoms. The number of carbonyl (C=O) groups excluding carboxylic acids is 1. The average molecular weight is 294 g/mol. The van der Waals surface area contributed by atoms with E-state index >= 15 is 0 Å². The van der Waals surface area contributed by atoms with Gasteiger partial charge in [-0.25, -0.2) is 0 Å². The molecule has 0 aliphatic carbocycles. The summed E-state index contributed by atoms with van der Waals surface area (Å²) in [6, 6.07) is 0. The van der Waals surface area contributed by atoms with E-state index in [2.05, 4.69) is 6.58 Å². The average Bonchev–Trinajstić information content (AvgIpc) is 2.35. The molecule has 0 heterocycles. The number of Topliss-reactive ketones (excluding diaryl/α,β-unsaturated/α-hetero) is 1. The highest BCUT2D eigenvalue weighted by atomic mass is 16.3. The molecule has 1 aromatic carbocycles.